The number of halogens is 2. The molecular weight excluding hydrogens is 293 g/mol. The van der Waals surface area contributed by atoms with Crippen molar-refractivity contribution in [2.24, 2.45) is 0 Å². The number of hydrogen-bond acceptors (Lipinski definition) is 4. The van der Waals surface area contributed by atoms with Crippen LogP contribution in [0.4, 0.5) is 10.2 Å². The maximum atomic E-state index is 12.5. The second kappa shape index (κ2) is 6.05. The van der Waals surface area contributed by atoms with Gasteiger partial charge in [-0.15, -0.1) is 0 Å². The van der Waals surface area contributed by atoms with Crippen molar-refractivity contribution in [3.8, 4) is 0 Å². The van der Waals surface area contributed by atoms with E-state index < -0.39 is 6.67 Å². The van der Waals surface area contributed by atoms with Crippen molar-refractivity contribution in [3.63, 3.8) is 0 Å². The molecule has 0 aliphatic heterocycles. The topological polar surface area (TPSA) is 55.6 Å². The molecule has 0 bridgehead atoms. The van der Waals surface area contributed by atoms with Crippen LogP contribution in [0.1, 0.15) is 5.56 Å². The highest BCUT2D eigenvalue weighted by atomic mass is 35.5. The monoisotopic (exact) mass is 305 g/mol. The number of alkyl halides is 1. The fourth-order valence-electron chi connectivity index (χ4n) is 2.13. The molecule has 3 aromatic rings. The Morgan fingerprint density at radius 2 is 2.00 bits per heavy atom. The normalized spacial score (nSPS) is 11.0. The average molecular weight is 306 g/mol. The van der Waals surface area contributed by atoms with Gasteiger partial charge < -0.3 is 9.88 Å². The third-order valence-corrected chi connectivity index (χ3v) is 3.30. The third kappa shape index (κ3) is 2.95. The van der Waals surface area contributed by atoms with Crippen LogP contribution in [0.2, 0.25) is 5.28 Å². The molecule has 0 atom stereocenters. The highest BCUT2D eigenvalue weighted by molar-refractivity contribution is 6.28. The van der Waals surface area contributed by atoms with Gasteiger partial charge in [-0.25, -0.2) is 9.37 Å². The number of aromatic nitrogens is 4. The predicted molar refractivity (Wildman–Crippen MR) is 80.1 cm³/mol. The van der Waals surface area contributed by atoms with E-state index in [1.54, 1.807) is 23.2 Å². The lowest BCUT2D eigenvalue weighted by molar-refractivity contribution is 0.450. The number of anilines is 1. The molecule has 3 aromatic heterocycles. The molecular formula is C14H13ClFN5. The van der Waals surface area contributed by atoms with Gasteiger partial charge in [0, 0.05) is 25.1 Å². The van der Waals surface area contributed by atoms with Crippen LogP contribution in [-0.4, -0.2) is 26.2 Å². The van der Waals surface area contributed by atoms with E-state index in [9.17, 15) is 4.39 Å². The highest BCUT2D eigenvalue weighted by Gasteiger charge is 2.10. The molecule has 7 heteroatoms. The molecule has 3 heterocycles. The Morgan fingerprint density at radius 1 is 1.19 bits per heavy atom. The number of pyridine rings is 1. The fraction of sp³-hybridized carbons (Fsp3) is 0.214. The summed E-state index contributed by atoms with van der Waals surface area (Å²) in [6.07, 6.45) is 5.25. The quantitative estimate of drug-likeness (QED) is 0.736. The predicted octanol–water partition coefficient (Wildman–Crippen LogP) is 3.06. The summed E-state index contributed by atoms with van der Waals surface area (Å²) in [5, 5.41) is 4.19. The largest absolute Gasteiger partial charge is 0.365 e. The molecule has 0 spiro atoms. The van der Waals surface area contributed by atoms with Gasteiger partial charge in [0.15, 0.2) is 0 Å². The molecule has 1 N–H and O–H groups in total. The van der Waals surface area contributed by atoms with Gasteiger partial charge in [-0.05, 0) is 35.4 Å². The Kier molecular flexibility index (Phi) is 3.96. The molecule has 5 nitrogen and oxygen atoms in total. The summed E-state index contributed by atoms with van der Waals surface area (Å²) in [6, 6.07) is 5.69. The minimum absolute atomic E-state index is 0.138. The van der Waals surface area contributed by atoms with Crippen LogP contribution in [0.25, 0.3) is 11.0 Å². The summed E-state index contributed by atoms with van der Waals surface area (Å²) in [5.74, 6) is 0.638. The summed E-state index contributed by atoms with van der Waals surface area (Å²) in [6.45, 7) is 0.394. The molecule has 0 fully saturated rings. The van der Waals surface area contributed by atoms with Crippen LogP contribution in [0, 0.1) is 0 Å². The van der Waals surface area contributed by atoms with E-state index in [1.165, 1.54) is 0 Å². The van der Waals surface area contributed by atoms with Crippen molar-refractivity contribution < 1.29 is 4.39 Å². The Morgan fingerprint density at radius 3 is 2.76 bits per heavy atom. The number of nitrogens with zero attached hydrogens (tertiary/aromatic N) is 4. The van der Waals surface area contributed by atoms with Crippen molar-refractivity contribution in [1.82, 2.24) is 19.5 Å². The van der Waals surface area contributed by atoms with E-state index in [1.807, 2.05) is 18.2 Å². The van der Waals surface area contributed by atoms with Crippen LogP contribution in [0.3, 0.4) is 0 Å². The van der Waals surface area contributed by atoms with E-state index in [-0.39, 0.29) is 11.8 Å². The zero-order chi connectivity index (χ0) is 14.7. The Labute approximate surface area is 125 Å². The lowest BCUT2D eigenvalue weighted by atomic mass is 10.2. The van der Waals surface area contributed by atoms with Gasteiger partial charge in [0.25, 0.3) is 0 Å². The van der Waals surface area contributed by atoms with Crippen molar-refractivity contribution in [1.29, 1.82) is 0 Å². The van der Waals surface area contributed by atoms with E-state index >= 15 is 0 Å². The number of fused-ring (bicyclic) bond motifs is 1. The molecule has 0 saturated heterocycles. The van der Waals surface area contributed by atoms with Crippen molar-refractivity contribution >= 4 is 28.5 Å². The van der Waals surface area contributed by atoms with Gasteiger partial charge in [0.2, 0.25) is 5.28 Å². The van der Waals surface area contributed by atoms with Crippen molar-refractivity contribution in [3.05, 3.63) is 47.6 Å². The summed E-state index contributed by atoms with van der Waals surface area (Å²) in [4.78, 5) is 12.4. The number of rotatable bonds is 5. The number of hydrogen-bond donors (Lipinski definition) is 1. The SMILES string of the molecule is FCCn1ccc2c(NCc3ccncc3)nc(Cl)nc21. The summed E-state index contributed by atoms with van der Waals surface area (Å²) in [7, 11) is 0. The molecule has 21 heavy (non-hydrogen) atoms. The number of aryl methyl sites for hydroxylation is 1. The standard InChI is InChI=1S/C14H13ClFN5/c15-14-19-12(18-9-10-1-5-17-6-2-10)11-3-7-21(8-4-16)13(11)20-14/h1-3,5-7H,4,8-9H2,(H,18,19,20). The van der Waals surface area contributed by atoms with Gasteiger partial charge in [0.1, 0.15) is 18.1 Å². The second-order valence-electron chi connectivity index (χ2n) is 4.49. The Bertz CT molecular complexity index is 744. The lowest BCUT2D eigenvalue weighted by Crippen LogP contribution is -2.04. The zero-order valence-electron chi connectivity index (χ0n) is 11.1. The van der Waals surface area contributed by atoms with Crippen LogP contribution in [-0.2, 0) is 13.1 Å². The van der Waals surface area contributed by atoms with Crippen LogP contribution >= 0.6 is 11.6 Å². The van der Waals surface area contributed by atoms with Gasteiger partial charge >= 0.3 is 0 Å². The molecule has 0 amide bonds. The number of nitrogens with one attached hydrogen (secondary N) is 1. The van der Waals surface area contributed by atoms with E-state index in [2.05, 4.69) is 20.3 Å². The Hall–Kier alpha value is -2.21. The van der Waals surface area contributed by atoms with Gasteiger partial charge in [0.05, 0.1) is 11.9 Å². The first-order valence-corrected chi connectivity index (χ1v) is 6.87. The minimum atomic E-state index is -0.453. The molecule has 0 aliphatic carbocycles. The molecule has 0 radical (unpaired) electrons. The van der Waals surface area contributed by atoms with Crippen molar-refractivity contribution in [2.45, 2.75) is 13.1 Å². The van der Waals surface area contributed by atoms with E-state index in [0.717, 1.165) is 10.9 Å². The molecule has 108 valence electrons. The lowest BCUT2D eigenvalue weighted by Gasteiger charge is -2.08. The third-order valence-electron chi connectivity index (χ3n) is 3.13. The van der Waals surface area contributed by atoms with Crippen LogP contribution < -0.4 is 5.32 Å². The summed E-state index contributed by atoms with van der Waals surface area (Å²) >= 11 is 5.96. The highest BCUT2D eigenvalue weighted by Crippen LogP contribution is 2.23. The maximum absolute atomic E-state index is 12.5. The maximum Gasteiger partial charge on any atom is 0.226 e. The van der Waals surface area contributed by atoms with Gasteiger partial charge in [-0.2, -0.15) is 4.98 Å². The molecule has 0 unspecified atom stereocenters. The summed E-state index contributed by atoms with van der Waals surface area (Å²) < 4.78 is 14.3. The second-order valence-corrected chi connectivity index (χ2v) is 4.82. The Balaban J connectivity index is 1.91. The van der Waals surface area contributed by atoms with Crippen LogP contribution in [0.5, 0.6) is 0 Å². The average Bonchev–Trinajstić information content (AvgIpc) is 2.89. The molecule has 3 rings (SSSR count). The van der Waals surface area contributed by atoms with E-state index in [0.29, 0.717) is 18.0 Å². The van der Waals surface area contributed by atoms with E-state index in [4.69, 9.17) is 11.6 Å². The van der Waals surface area contributed by atoms with Gasteiger partial charge in [-0.3, -0.25) is 4.98 Å². The smallest absolute Gasteiger partial charge is 0.226 e. The molecule has 0 saturated carbocycles. The zero-order valence-corrected chi connectivity index (χ0v) is 11.9. The minimum Gasteiger partial charge on any atom is -0.365 e. The first-order valence-electron chi connectivity index (χ1n) is 6.49. The first kappa shape index (κ1) is 13.8. The summed E-state index contributed by atoms with van der Waals surface area (Å²) in [5.41, 5.74) is 1.71. The molecule has 0 aromatic carbocycles. The van der Waals surface area contributed by atoms with Gasteiger partial charge in [-0.1, -0.05) is 0 Å². The first-order chi connectivity index (χ1) is 10.3. The fourth-order valence-corrected chi connectivity index (χ4v) is 2.30. The van der Waals surface area contributed by atoms with Crippen LogP contribution in [0.15, 0.2) is 36.8 Å². The molecule has 0 aliphatic rings. The van der Waals surface area contributed by atoms with Crippen molar-refractivity contribution in [2.75, 3.05) is 12.0 Å².